The number of rotatable bonds is 7. The van der Waals surface area contributed by atoms with Crippen LogP contribution in [0.1, 0.15) is 38.4 Å². The highest BCUT2D eigenvalue weighted by Gasteiger charge is 2.26. The van der Waals surface area contributed by atoms with Crippen LogP contribution in [0.15, 0.2) is 27.8 Å². The van der Waals surface area contributed by atoms with E-state index in [2.05, 4.69) is 17.1 Å². The number of likely N-dealkylation sites (tertiary alicyclic amines) is 1. The van der Waals surface area contributed by atoms with Crippen LogP contribution in [0.2, 0.25) is 0 Å². The van der Waals surface area contributed by atoms with Gasteiger partial charge in [-0.25, -0.2) is 0 Å². The van der Waals surface area contributed by atoms with Crippen LogP contribution in [0.4, 0.5) is 0 Å². The Morgan fingerprint density at radius 1 is 1.44 bits per heavy atom. The SMILES string of the molecule is CCCCN=C(NCCc1ccco1)N1CCC(C(=O)OC)CC1.I. The quantitative estimate of drug-likeness (QED) is 0.221. The van der Waals surface area contributed by atoms with Crippen molar-refractivity contribution in [2.75, 3.05) is 33.3 Å². The molecular weight excluding hydrogens is 433 g/mol. The first kappa shape index (κ1) is 21.8. The minimum absolute atomic E-state index is 0. The number of nitrogens with one attached hydrogen (secondary N) is 1. The van der Waals surface area contributed by atoms with E-state index in [4.69, 9.17) is 14.1 Å². The molecule has 25 heavy (non-hydrogen) atoms. The molecule has 0 unspecified atom stereocenters. The van der Waals surface area contributed by atoms with Gasteiger partial charge in [-0.2, -0.15) is 0 Å². The van der Waals surface area contributed by atoms with Crippen LogP contribution in [0.25, 0.3) is 0 Å². The molecule has 7 heteroatoms. The van der Waals surface area contributed by atoms with Crippen molar-refractivity contribution in [1.29, 1.82) is 0 Å². The molecule has 1 saturated heterocycles. The molecule has 1 N–H and O–H groups in total. The van der Waals surface area contributed by atoms with Crippen LogP contribution >= 0.6 is 24.0 Å². The number of unbranched alkanes of at least 4 members (excludes halogenated alkanes) is 1. The predicted octanol–water partition coefficient (Wildman–Crippen LogP) is 3.07. The molecule has 2 heterocycles. The molecule has 0 radical (unpaired) electrons. The first-order valence-corrected chi connectivity index (χ1v) is 8.88. The molecule has 0 aromatic carbocycles. The third-order valence-corrected chi connectivity index (χ3v) is 4.34. The number of guanidine groups is 1. The van der Waals surface area contributed by atoms with Crippen LogP contribution < -0.4 is 5.32 Å². The first-order chi connectivity index (χ1) is 11.7. The maximum atomic E-state index is 11.7. The number of halogens is 1. The van der Waals surface area contributed by atoms with Crippen LogP contribution in [0.3, 0.4) is 0 Å². The summed E-state index contributed by atoms with van der Waals surface area (Å²) in [6.07, 6.45) is 6.38. The zero-order chi connectivity index (χ0) is 17.2. The Balaban J connectivity index is 0.00000312. The Hall–Kier alpha value is -1.25. The second kappa shape index (κ2) is 12.2. The summed E-state index contributed by atoms with van der Waals surface area (Å²) in [5.74, 6) is 1.84. The van der Waals surface area contributed by atoms with Gasteiger partial charge in [0.15, 0.2) is 5.96 Å². The van der Waals surface area contributed by atoms with Gasteiger partial charge >= 0.3 is 5.97 Å². The van der Waals surface area contributed by atoms with Gasteiger partial charge in [0, 0.05) is 32.6 Å². The van der Waals surface area contributed by atoms with Gasteiger partial charge in [-0.1, -0.05) is 13.3 Å². The molecule has 0 saturated carbocycles. The van der Waals surface area contributed by atoms with Gasteiger partial charge in [-0.3, -0.25) is 9.79 Å². The van der Waals surface area contributed by atoms with E-state index in [-0.39, 0.29) is 35.9 Å². The van der Waals surface area contributed by atoms with Gasteiger partial charge in [0.2, 0.25) is 0 Å². The van der Waals surface area contributed by atoms with Gasteiger partial charge in [-0.15, -0.1) is 24.0 Å². The standard InChI is InChI=1S/C18H29N3O3.HI/c1-3-4-10-19-18(20-11-7-16-6-5-14-24-16)21-12-8-15(9-13-21)17(22)23-2;/h5-6,14-15H,3-4,7-13H2,1-2H3,(H,19,20);1H. The Bertz CT molecular complexity index is 512. The predicted molar refractivity (Wildman–Crippen MR) is 109 cm³/mol. The van der Waals surface area contributed by atoms with Gasteiger partial charge in [-0.05, 0) is 31.4 Å². The highest BCUT2D eigenvalue weighted by molar-refractivity contribution is 14.0. The molecule has 6 nitrogen and oxygen atoms in total. The van der Waals surface area contributed by atoms with Crippen LogP contribution in [-0.2, 0) is 16.0 Å². The average Bonchev–Trinajstić information content (AvgIpc) is 3.13. The summed E-state index contributed by atoms with van der Waals surface area (Å²) in [6, 6.07) is 3.89. The van der Waals surface area contributed by atoms with E-state index in [9.17, 15) is 4.79 Å². The molecule has 1 aliphatic heterocycles. The molecule has 1 aromatic heterocycles. The molecule has 0 spiro atoms. The van der Waals surface area contributed by atoms with Crippen molar-refractivity contribution < 1.29 is 13.9 Å². The lowest BCUT2D eigenvalue weighted by molar-refractivity contribution is -0.146. The topological polar surface area (TPSA) is 67.1 Å². The number of ether oxygens (including phenoxy) is 1. The summed E-state index contributed by atoms with van der Waals surface area (Å²) in [4.78, 5) is 18.6. The van der Waals surface area contributed by atoms with Crippen molar-refractivity contribution in [3.8, 4) is 0 Å². The van der Waals surface area contributed by atoms with Gasteiger partial charge in [0.1, 0.15) is 5.76 Å². The molecular formula is C18H30IN3O3. The van der Waals surface area contributed by atoms with Crippen LogP contribution in [0, 0.1) is 5.92 Å². The number of piperidine rings is 1. The second-order valence-corrected chi connectivity index (χ2v) is 6.10. The lowest BCUT2D eigenvalue weighted by atomic mass is 9.97. The molecule has 1 aliphatic rings. The summed E-state index contributed by atoms with van der Waals surface area (Å²) in [7, 11) is 1.46. The van der Waals surface area contributed by atoms with Crippen molar-refractivity contribution in [2.24, 2.45) is 10.9 Å². The number of hydrogen-bond donors (Lipinski definition) is 1. The second-order valence-electron chi connectivity index (χ2n) is 6.10. The monoisotopic (exact) mass is 463 g/mol. The van der Waals surface area contributed by atoms with Crippen molar-refractivity contribution in [2.45, 2.75) is 39.0 Å². The fraction of sp³-hybridized carbons (Fsp3) is 0.667. The lowest BCUT2D eigenvalue weighted by Crippen LogP contribution is -2.47. The summed E-state index contributed by atoms with van der Waals surface area (Å²) >= 11 is 0. The van der Waals surface area contributed by atoms with Crippen LogP contribution in [0.5, 0.6) is 0 Å². The molecule has 1 fully saturated rings. The zero-order valence-electron chi connectivity index (χ0n) is 15.2. The fourth-order valence-electron chi connectivity index (χ4n) is 2.86. The number of esters is 1. The summed E-state index contributed by atoms with van der Waals surface area (Å²) in [6.45, 7) is 5.45. The number of carbonyl (C=O) groups is 1. The number of methoxy groups -OCH3 is 1. The van der Waals surface area contributed by atoms with E-state index in [0.717, 1.165) is 70.0 Å². The van der Waals surface area contributed by atoms with Crippen molar-refractivity contribution in [1.82, 2.24) is 10.2 Å². The molecule has 1 aromatic rings. The van der Waals surface area contributed by atoms with Crippen LogP contribution in [-0.4, -0.2) is 50.1 Å². The minimum Gasteiger partial charge on any atom is -0.469 e. The normalized spacial score (nSPS) is 15.6. The fourth-order valence-corrected chi connectivity index (χ4v) is 2.86. The summed E-state index contributed by atoms with van der Waals surface area (Å²) in [5.41, 5.74) is 0. The van der Waals surface area contributed by atoms with E-state index in [1.165, 1.54) is 7.11 Å². The van der Waals surface area contributed by atoms with Gasteiger partial charge in [0.05, 0.1) is 19.3 Å². The molecule has 0 atom stereocenters. The molecule has 142 valence electrons. The first-order valence-electron chi connectivity index (χ1n) is 8.88. The van der Waals surface area contributed by atoms with Gasteiger partial charge < -0.3 is 19.4 Å². The summed E-state index contributed by atoms with van der Waals surface area (Å²) < 4.78 is 10.2. The summed E-state index contributed by atoms with van der Waals surface area (Å²) in [5, 5.41) is 3.44. The van der Waals surface area contributed by atoms with E-state index in [1.807, 2.05) is 12.1 Å². The average molecular weight is 463 g/mol. The maximum Gasteiger partial charge on any atom is 0.308 e. The number of carbonyl (C=O) groups excluding carboxylic acids is 1. The third-order valence-electron chi connectivity index (χ3n) is 4.34. The highest BCUT2D eigenvalue weighted by Crippen LogP contribution is 2.18. The zero-order valence-corrected chi connectivity index (χ0v) is 17.5. The Morgan fingerprint density at radius 2 is 2.20 bits per heavy atom. The Kier molecular flexibility index (Phi) is 10.6. The third kappa shape index (κ3) is 7.25. The largest absolute Gasteiger partial charge is 0.469 e. The van der Waals surface area contributed by atoms with Crippen molar-refractivity contribution in [3.63, 3.8) is 0 Å². The van der Waals surface area contributed by atoms with Crippen molar-refractivity contribution in [3.05, 3.63) is 24.2 Å². The minimum atomic E-state index is -0.0927. The number of nitrogens with zero attached hydrogens (tertiary/aromatic N) is 2. The van der Waals surface area contributed by atoms with Gasteiger partial charge in [0.25, 0.3) is 0 Å². The Morgan fingerprint density at radius 3 is 2.80 bits per heavy atom. The molecule has 2 rings (SSSR count). The molecule has 0 amide bonds. The number of furan rings is 1. The highest BCUT2D eigenvalue weighted by atomic mass is 127. The maximum absolute atomic E-state index is 11.7. The molecule has 0 aliphatic carbocycles. The van der Waals surface area contributed by atoms with E-state index in [0.29, 0.717) is 0 Å². The van der Waals surface area contributed by atoms with Crippen molar-refractivity contribution >= 4 is 35.9 Å². The van der Waals surface area contributed by atoms with E-state index < -0.39 is 0 Å². The molecule has 0 bridgehead atoms. The lowest BCUT2D eigenvalue weighted by Gasteiger charge is -2.33. The number of hydrogen-bond acceptors (Lipinski definition) is 4. The van der Waals surface area contributed by atoms with E-state index >= 15 is 0 Å². The smallest absolute Gasteiger partial charge is 0.308 e. The Labute approximate surface area is 167 Å². The van der Waals surface area contributed by atoms with E-state index in [1.54, 1.807) is 6.26 Å². The number of aliphatic imine (C=N–C) groups is 1.